The third kappa shape index (κ3) is 7.08. The van der Waals surface area contributed by atoms with E-state index in [-0.39, 0.29) is 19.3 Å². The lowest BCUT2D eigenvalue weighted by molar-refractivity contribution is -0.137. The molecule has 3 N–H and O–H groups in total. The van der Waals surface area contributed by atoms with Crippen LogP contribution in [0.3, 0.4) is 0 Å². The van der Waals surface area contributed by atoms with Gasteiger partial charge in [-0.05, 0) is 45.3 Å². The molecule has 7 heteroatoms. The van der Waals surface area contributed by atoms with Crippen LogP contribution in [0.5, 0.6) is 0 Å². The van der Waals surface area contributed by atoms with Crippen LogP contribution in [0.15, 0.2) is 0 Å². The first-order chi connectivity index (χ1) is 9.47. The SMILES string of the molecule is CN1CCC(CNC(=O)NC(=O)CCCC(=O)O)CC1. The van der Waals surface area contributed by atoms with Gasteiger partial charge < -0.3 is 15.3 Å². The summed E-state index contributed by atoms with van der Waals surface area (Å²) in [6, 6.07) is -0.496. The molecule has 20 heavy (non-hydrogen) atoms. The lowest BCUT2D eigenvalue weighted by atomic mass is 9.97. The van der Waals surface area contributed by atoms with Crippen LogP contribution in [0.1, 0.15) is 32.1 Å². The summed E-state index contributed by atoms with van der Waals surface area (Å²) in [6.45, 7) is 2.63. The zero-order valence-corrected chi connectivity index (χ0v) is 11.9. The first-order valence-electron chi connectivity index (χ1n) is 6.95. The van der Waals surface area contributed by atoms with E-state index in [0.29, 0.717) is 12.5 Å². The Bertz CT molecular complexity index is 352. The van der Waals surface area contributed by atoms with Gasteiger partial charge in [0.2, 0.25) is 5.91 Å². The molecule has 0 aliphatic carbocycles. The molecule has 114 valence electrons. The molecule has 0 aromatic rings. The Balaban J connectivity index is 2.10. The lowest BCUT2D eigenvalue weighted by Crippen LogP contribution is -2.43. The number of carboxylic acids is 1. The number of carbonyl (C=O) groups is 3. The number of amides is 3. The van der Waals surface area contributed by atoms with Crippen LogP contribution in [0.2, 0.25) is 0 Å². The molecule has 1 fully saturated rings. The topological polar surface area (TPSA) is 98.7 Å². The number of nitrogens with zero attached hydrogens (tertiary/aromatic N) is 1. The first-order valence-corrected chi connectivity index (χ1v) is 6.95. The average molecular weight is 285 g/mol. The molecule has 0 radical (unpaired) electrons. The summed E-state index contributed by atoms with van der Waals surface area (Å²) < 4.78 is 0. The van der Waals surface area contributed by atoms with Gasteiger partial charge in [-0.1, -0.05) is 0 Å². The molecular formula is C13H23N3O4. The summed E-state index contributed by atoms with van der Waals surface area (Å²) in [5.74, 6) is -0.921. The van der Waals surface area contributed by atoms with Crippen LogP contribution in [0.25, 0.3) is 0 Å². The van der Waals surface area contributed by atoms with Crippen molar-refractivity contribution in [1.82, 2.24) is 15.5 Å². The van der Waals surface area contributed by atoms with Gasteiger partial charge in [-0.25, -0.2) is 4.79 Å². The maximum atomic E-state index is 11.5. The highest BCUT2D eigenvalue weighted by molar-refractivity contribution is 5.94. The van der Waals surface area contributed by atoms with Crippen LogP contribution < -0.4 is 10.6 Å². The minimum atomic E-state index is -0.940. The van der Waals surface area contributed by atoms with Gasteiger partial charge in [-0.15, -0.1) is 0 Å². The number of carbonyl (C=O) groups excluding carboxylic acids is 2. The molecule has 0 aromatic heterocycles. The minimum Gasteiger partial charge on any atom is -0.481 e. The molecule has 0 atom stereocenters. The molecule has 1 rings (SSSR count). The van der Waals surface area contributed by atoms with E-state index in [1.54, 1.807) is 0 Å². The van der Waals surface area contributed by atoms with Crippen molar-refractivity contribution < 1.29 is 19.5 Å². The molecule has 1 aliphatic heterocycles. The summed E-state index contributed by atoms with van der Waals surface area (Å²) in [6.07, 6.45) is 2.31. The Morgan fingerprint density at radius 2 is 1.85 bits per heavy atom. The monoisotopic (exact) mass is 285 g/mol. The van der Waals surface area contributed by atoms with Crippen LogP contribution in [0, 0.1) is 5.92 Å². The highest BCUT2D eigenvalue weighted by Gasteiger charge is 2.17. The van der Waals surface area contributed by atoms with Gasteiger partial charge in [0.1, 0.15) is 0 Å². The van der Waals surface area contributed by atoms with Crippen molar-refractivity contribution >= 4 is 17.9 Å². The van der Waals surface area contributed by atoms with Crippen molar-refractivity contribution in [2.45, 2.75) is 32.1 Å². The molecule has 0 bridgehead atoms. The normalized spacial score (nSPS) is 16.6. The van der Waals surface area contributed by atoms with Gasteiger partial charge in [-0.2, -0.15) is 0 Å². The maximum Gasteiger partial charge on any atom is 0.321 e. The van der Waals surface area contributed by atoms with Gasteiger partial charge in [0.05, 0.1) is 0 Å². The third-order valence-electron chi connectivity index (χ3n) is 3.44. The van der Waals surface area contributed by atoms with Crippen LogP contribution >= 0.6 is 0 Å². The highest BCUT2D eigenvalue weighted by atomic mass is 16.4. The highest BCUT2D eigenvalue weighted by Crippen LogP contribution is 2.14. The second-order valence-electron chi connectivity index (χ2n) is 5.25. The number of aliphatic carboxylic acids is 1. The van der Waals surface area contributed by atoms with E-state index in [1.165, 1.54) is 0 Å². The average Bonchev–Trinajstić information content (AvgIpc) is 2.37. The minimum absolute atomic E-state index is 0.0495. The van der Waals surface area contributed by atoms with Gasteiger partial charge >= 0.3 is 12.0 Å². The van der Waals surface area contributed by atoms with E-state index < -0.39 is 17.9 Å². The smallest absolute Gasteiger partial charge is 0.321 e. The number of hydrogen-bond acceptors (Lipinski definition) is 4. The zero-order valence-electron chi connectivity index (χ0n) is 11.9. The van der Waals surface area contributed by atoms with Crippen molar-refractivity contribution in [2.75, 3.05) is 26.7 Å². The third-order valence-corrected chi connectivity index (χ3v) is 3.44. The van der Waals surface area contributed by atoms with Crippen molar-refractivity contribution in [3.63, 3.8) is 0 Å². The van der Waals surface area contributed by atoms with Crippen LogP contribution in [-0.4, -0.2) is 54.6 Å². The standard InChI is InChI=1S/C13H23N3O4/c1-16-7-5-10(6-8-16)9-14-13(20)15-11(17)3-2-4-12(18)19/h10H,2-9H2,1H3,(H,18,19)(H2,14,15,17,20). The summed E-state index contributed by atoms with van der Waals surface area (Å²) >= 11 is 0. The number of likely N-dealkylation sites (tertiary alicyclic amines) is 1. The summed E-state index contributed by atoms with van der Waals surface area (Å²) in [7, 11) is 2.08. The molecule has 0 aromatic carbocycles. The number of hydrogen-bond donors (Lipinski definition) is 3. The Morgan fingerprint density at radius 3 is 2.45 bits per heavy atom. The van der Waals surface area contributed by atoms with Gasteiger partial charge in [0, 0.05) is 19.4 Å². The number of nitrogens with one attached hydrogen (secondary N) is 2. The Hall–Kier alpha value is -1.63. The van der Waals surface area contributed by atoms with Crippen molar-refractivity contribution in [1.29, 1.82) is 0 Å². The molecule has 0 spiro atoms. The molecule has 0 saturated carbocycles. The second kappa shape index (κ2) is 8.52. The largest absolute Gasteiger partial charge is 0.481 e. The predicted molar refractivity (Wildman–Crippen MR) is 73.2 cm³/mol. The number of rotatable bonds is 6. The first kappa shape index (κ1) is 16.4. The van der Waals surface area contributed by atoms with Crippen molar-refractivity contribution in [3.05, 3.63) is 0 Å². The molecule has 1 aliphatic rings. The van der Waals surface area contributed by atoms with E-state index in [1.807, 2.05) is 0 Å². The predicted octanol–water partition coefficient (Wildman–Crippen LogP) is 0.409. The number of carboxylic acid groups (broad SMARTS) is 1. The molecule has 3 amide bonds. The molecule has 1 saturated heterocycles. The van der Waals surface area contributed by atoms with Crippen LogP contribution in [-0.2, 0) is 9.59 Å². The fourth-order valence-electron chi connectivity index (χ4n) is 2.14. The quantitative estimate of drug-likeness (QED) is 0.656. The summed E-state index contributed by atoms with van der Waals surface area (Å²) in [5.41, 5.74) is 0. The Labute approximate surface area is 118 Å². The lowest BCUT2D eigenvalue weighted by Gasteiger charge is -2.28. The van der Waals surface area contributed by atoms with Crippen LogP contribution in [0.4, 0.5) is 4.79 Å². The van der Waals surface area contributed by atoms with Gasteiger partial charge in [0.15, 0.2) is 0 Å². The van der Waals surface area contributed by atoms with Gasteiger partial charge in [0.25, 0.3) is 0 Å². The second-order valence-corrected chi connectivity index (χ2v) is 5.25. The Kier molecular flexibility index (Phi) is 7.00. The van der Waals surface area contributed by atoms with Crippen molar-refractivity contribution in [3.8, 4) is 0 Å². The fourth-order valence-corrected chi connectivity index (χ4v) is 2.14. The number of imide groups is 1. The maximum absolute atomic E-state index is 11.5. The van der Waals surface area contributed by atoms with E-state index in [9.17, 15) is 14.4 Å². The van der Waals surface area contributed by atoms with E-state index in [0.717, 1.165) is 25.9 Å². The van der Waals surface area contributed by atoms with Gasteiger partial charge in [-0.3, -0.25) is 14.9 Å². The molecule has 1 heterocycles. The Morgan fingerprint density at radius 1 is 1.20 bits per heavy atom. The zero-order chi connectivity index (χ0) is 15.0. The van der Waals surface area contributed by atoms with E-state index >= 15 is 0 Å². The van der Waals surface area contributed by atoms with Crippen molar-refractivity contribution in [2.24, 2.45) is 5.92 Å². The molecule has 7 nitrogen and oxygen atoms in total. The number of piperidine rings is 1. The summed E-state index contributed by atoms with van der Waals surface area (Å²) in [4.78, 5) is 35.4. The molecular weight excluding hydrogens is 262 g/mol. The number of urea groups is 1. The fraction of sp³-hybridized carbons (Fsp3) is 0.769. The molecule has 0 unspecified atom stereocenters. The van der Waals surface area contributed by atoms with E-state index in [2.05, 4.69) is 22.6 Å². The summed E-state index contributed by atoms with van der Waals surface area (Å²) in [5, 5.41) is 13.3. The van der Waals surface area contributed by atoms with E-state index in [4.69, 9.17) is 5.11 Å².